The molecule has 0 saturated heterocycles. The van der Waals surface area contributed by atoms with Crippen molar-refractivity contribution in [1.29, 1.82) is 0 Å². The molecular weight excluding hydrogens is 427 g/mol. The SMILES string of the molecule is COc1ccc(C(NC(=O)CSc2nncn2-c2ccccc2F)c2ccccc2)cc1. The Morgan fingerprint density at radius 1 is 1.03 bits per heavy atom. The minimum absolute atomic E-state index is 0.104. The van der Waals surface area contributed by atoms with Crippen molar-refractivity contribution in [1.82, 2.24) is 20.1 Å². The Morgan fingerprint density at radius 3 is 2.44 bits per heavy atom. The number of benzene rings is 3. The van der Waals surface area contributed by atoms with Crippen LogP contribution in [0.25, 0.3) is 5.69 Å². The number of nitrogens with one attached hydrogen (secondary N) is 1. The van der Waals surface area contributed by atoms with Gasteiger partial charge in [-0.15, -0.1) is 10.2 Å². The number of halogens is 1. The van der Waals surface area contributed by atoms with Crippen molar-refractivity contribution in [2.45, 2.75) is 11.2 Å². The summed E-state index contributed by atoms with van der Waals surface area (Å²) in [6.07, 6.45) is 1.43. The monoisotopic (exact) mass is 448 g/mol. The van der Waals surface area contributed by atoms with Gasteiger partial charge in [0.15, 0.2) is 5.16 Å². The number of amides is 1. The molecule has 0 saturated carbocycles. The summed E-state index contributed by atoms with van der Waals surface area (Å²) >= 11 is 1.19. The van der Waals surface area contributed by atoms with Gasteiger partial charge in [0.2, 0.25) is 5.91 Å². The molecule has 4 aromatic rings. The van der Waals surface area contributed by atoms with Crippen molar-refractivity contribution in [2.75, 3.05) is 12.9 Å². The predicted molar refractivity (Wildman–Crippen MR) is 121 cm³/mol. The Kier molecular flexibility index (Phi) is 6.81. The van der Waals surface area contributed by atoms with Gasteiger partial charge in [-0.3, -0.25) is 9.36 Å². The summed E-state index contributed by atoms with van der Waals surface area (Å²) in [5.74, 6) is 0.284. The highest BCUT2D eigenvalue weighted by molar-refractivity contribution is 7.99. The predicted octanol–water partition coefficient (Wildman–Crippen LogP) is 4.41. The Morgan fingerprint density at radius 2 is 1.72 bits per heavy atom. The largest absolute Gasteiger partial charge is 0.497 e. The number of ether oxygens (including phenoxy) is 1. The lowest BCUT2D eigenvalue weighted by Crippen LogP contribution is -2.30. The second-order valence-electron chi connectivity index (χ2n) is 6.91. The van der Waals surface area contributed by atoms with E-state index in [0.717, 1.165) is 16.9 Å². The van der Waals surface area contributed by atoms with E-state index in [1.807, 2.05) is 54.6 Å². The fourth-order valence-corrected chi connectivity index (χ4v) is 4.00. The molecule has 0 aliphatic rings. The molecule has 1 aromatic heterocycles. The number of carbonyl (C=O) groups excluding carboxylic acids is 1. The van der Waals surface area contributed by atoms with Crippen molar-refractivity contribution >= 4 is 17.7 Å². The molecule has 1 N–H and O–H groups in total. The van der Waals surface area contributed by atoms with E-state index in [1.165, 1.54) is 28.7 Å². The molecule has 162 valence electrons. The van der Waals surface area contributed by atoms with E-state index in [1.54, 1.807) is 25.3 Å². The number of methoxy groups -OCH3 is 1. The van der Waals surface area contributed by atoms with Gasteiger partial charge in [-0.2, -0.15) is 0 Å². The minimum atomic E-state index is -0.387. The van der Waals surface area contributed by atoms with Crippen LogP contribution >= 0.6 is 11.8 Å². The van der Waals surface area contributed by atoms with Crippen molar-refractivity contribution in [3.8, 4) is 11.4 Å². The molecule has 0 aliphatic heterocycles. The van der Waals surface area contributed by atoms with Crippen LogP contribution in [0.4, 0.5) is 4.39 Å². The van der Waals surface area contributed by atoms with Gasteiger partial charge in [0.1, 0.15) is 17.9 Å². The van der Waals surface area contributed by atoms with Gasteiger partial charge in [-0.25, -0.2) is 4.39 Å². The van der Waals surface area contributed by atoms with Gasteiger partial charge >= 0.3 is 0 Å². The van der Waals surface area contributed by atoms with Gasteiger partial charge in [-0.05, 0) is 35.4 Å². The van der Waals surface area contributed by atoms with Gasteiger partial charge < -0.3 is 10.1 Å². The Bertz CT molecular complexity index is 1180. The molecule has 0 aliphatic carbocycles. The Labute approximate surface area is 189 Å². The first kappa shape index (κ1) is 21.6. The lowest BCUT2D eigenvalue weighted by molar-refractivity contribution is -0.119. The second kappa shape index (κ2) is 10.1. The number of hydrogen-bond donors (Lipinski definition) is 1. The first-order valence-corrected chi connectivity index (χ1v) is 10.9. The summed E-state index contributed by atoms with van der Waals surface area (Å²) in [5, 5.41) is 11.4. The fourth-order valence-electron chi connectivity index (χ4n) is 3.27. The van der Waals surface area contributed by atoms with Crippen LogP contribution in [0, 0.1) is 5.82 Å². The maximum Gasteiger partial charge on any atom is 0.231 e. The van der Waals surface area contributed by atoms with Crippen molar-refractivity contribution < 1.29 is 13.9 Å². The number of rotatable bonds is 8. The average molecular weight is 449 g/mol. The number of hydrogen-bond acceptors (Lipinski definition) is 5. The highest BCUT2D eigenvalue weighted by Gasteiger charge is 2.18. The van der Waals surface area contributed by atoms with E-state index in [9.17, 15) is 9.18 Å². The second-order valence-corrected chi connectivity index (χ2v) is 7.85. The van der Waals surface area contributed by atoms with Crippen LogP contribution in [-0.2, 0) is 4.79 Å². The minimum Gasteiger partial charge on any atom is -0.497 e. The van der Waals surface area contributed by atoms with Crippen LogP contribution in [0.2, 0.25) is 0 Å². The molecule has 1 atom stereocenters. The molecule has 0 bridgehead atoms. The van der Waals surface area contributed by atoms with E-state index in [0.29, 0.717) is 10.8 Å². The number of nitrogens with zero attached hydrogens (tertiary/aromatic N) is 3. The highest BCUT2D eigenvalue weighted by Crippen LogP contribution is 2.25. The molecular formula is C24H21FN4O2S. The molecule has 0 fully saturated rings. The summed E-state index contributed by atoms with van der Waals surface area (Å²) in [6.45, 7) is 0. The maximum absolute atomic E-state index is 14.2. The smallest absolute Gasteiger partial charge is 0.231 e. The molecule has 0 spiro atoms. The van der Waals surface area contributed by atoms with Crippen molar-refractivity contribution in [2.24, 2.45) is 0 Å². The van der Waals surface area contributed by atoms with Gasteiger partial charge in [0.05, 0.1) is 24.6 Å². The third kappa shape index (κ3) is 4.97. The normalized spacial score (nSPS) is 11.7. The van der Waals surface area contributed by atoms with Crippen LogP contribution < -0.4 is 10.1 Å². The summed E-state index contributed by atoms with van der Waals surface area (Å²) in [6, 6.07) is 23.4. The van der Waals surface area contributed by atoms with Gasteiger partial charge in [0, 0.05) is 0 Å². The molecule has 0 radical (unpaired) electrons. The Hall–Kier alpha value is -3.65. The van der Waals surface area contributed by atoms with Crippen molar-refractivity contribution in [3.05, 3.63) is 102 Å². The molecule has 1 amide bonds. The van der Waals surface area contributed by atoms with Crippen LogP contribution in [0.15, 0.2) is 90.3 Å². The number of aromatic nitrogens is 3. The third-order valence-corrected chi connectivity index (χ3v) is 5.79. The summed E-state index contributed by atoms with van der Waals surface area (Å²) < 4.78 is 20.9. The molecule has 32 heavy (non-hydrogen) atoms. The summed E-state index contributed by atoms with van der Waals surface area (Å²) in [4.78, 5) is 12.8. The third-order valence-electron chi connectivity index (χ3n) is 4.85. The number of carbonyl (C=O) groups is 1. The first-order chi connectivity index (χ1) is 15.7. The topological polar surface area (TPSA) is 69.0 Å². The standard InChI is InChI=1S/C24H21FN4O2S/c1-31-19-13-11-18(12-14-19)23(17-7-3-2-4-8-17)27-22(30)15-32-24-28-26-16-29(24)21-10-6-5-9-20(21)25/h2-14,16,23H,15H2,1H3,(H,27,30). The van der Waals surface area contributed by atoms with E-state index < -0.39 is 0 Å². The van der Waals surface area contributed by atoms with Crippen LogP contribution in [0.3, 0.4) is 0 Å². The van der Waals surface area contributed by atoms with Crippen LogP contribution in [-0.4, -0.2) is 33.5 Å². The molecule has 1 unspecified atom stereocenters. The zero-order valence-electron chi connectivity index (χ0n) is 17.3. The molecule has 3 aromatic carbocycles. The zero-order chi connectivity index (χ0) is 22.3. The highest BCUT2D eigenvalue weighted by atomic mass is 32.2. The van der Waals surface area contributed by atoms with Crippen LogP contribution in [0.1, 0.15) is 17.2 Å². The van der Waals surface area contributed by atoms with E-state index in [2.05, 4.69) is 15.5 Å². The van der Waals surface area contributed by atoms with E-state index >= 15 is 0 Å². The summed E-state index contributed by atoms with van der Waals surface area (Å²) in [7, 11) is 1.61. The van der Waals surface area contributed by atoms with Gasteiger partial charge in [0.25, 0.3) is 0 Å². The summed E-state index contributed by atoms with van der Waals surface area (Å²) in [5.41, 5.74) is 2.23. The quantitative estimate of drug-likeness (QED) is 0.404. The van der Waals surface area contributed by atoms with E-state index in [4.69, 9.17) is 4.74 Å². The number of para-hydroxylation sites is 1. The van der Waals surface area contributed by atoms with Crippen LogP contribution in [0.5, 0.6) is 5.75 Å². The first-order valence-electron chi connectivity index (χ1n) is 9.91. The fraction of sp³-hybridized carbons (Fsp3) is 0.125. The maximum atomic E-state index is 14.2. The van der Waals surface area contributed by atoms with E-state index in [-0.39, 0.29) is 23.5 Å². The molecule has 6 nitrogen and oxygen atoms in total. The molecule has 1 heterocycles. The molecule has 4 rings (SSSR count). The Balaban J connectivity index is 1.49. The molecule has 8 heteroatoms. The average Bonchev–Trinajstić information content (AvgIpc) is 3.30. The van der Waals surface area contributed by atoms with Crippen molar-refractivity contribution in [3.63, 3.8) is 0 Å². The zero-order valence-corrected chi connectivity index (χ0v) is 18.1. The number of thioether (sulfide) groups is 1. The lowest BCUT2D eigenvalue weighted by Gasteiger charge is -2.20. The van der Waals surface area contributed by atoms with Gasteiger partial charge in [-0.1, -0.05) is 66.4 Å². The lowest BCUT2D eigenvalue weighted by atomic mass is 9.98.